The molecule has 2 heterocycles. The van der Waals surface area contributed by atoms with Gasteiger partial charge in [-0.05, 0) is 49.2 Å². The number of benzene rings is 2. The molecule has 4 rings (SSSR count). The summed E-state index contributed by atoms with van der Waals surface area (Å²) in [5.74, 6) is -0.873. The smallest absolute Gasteiger partial charge is 0.435 e. The van der Waals surface area contributed by atoms with Gasteiger partial charge in [-0.25, -0.2) is 8.42 Å². The van der Waals surface area contributed by atoms with Crippen LogP contribution in [-0.4, -0.2) is 60.9 Å². The van der Waals surface area contributed by atoms with Gasteiger partial charge in [-0.15, -0.1) is 0 Å². The summed E-state index contributed by atoms with van der Waals surface area (Å²) in [6.45, 7) is 3.79. The number of halogens is 3. The molecule has 1 saturated heterocycles. The number of carboxylic acid groups (broad SMARTS) is 1. The highest BCUT2D eigenvalue weighted by Crippen LogP contribution is 2.36. The van der Waals surface area contributed by atoms with Crippen LogP contribution in [0.5, 0.6) is 5.75 Å². The predicted molar refractivity (Wildman–Crippen MR) is 131 cm³/mol. The Morgan fingerprint density at radius 3 is 2.37 bits per heavy atom. The molecule has 0 amide bonds. The number of anilines is 1. The van der Waals surface area contributed by atoms with Gasteiger partial charge < -0.3 is 9.84 Å². The summed E-state index contributed by atoms with van der Waals surface area (Å²) >= 11 is 0. The van der Waals surface area contributed by atoms with Gasteiger partial charge >= 0.3 is 12.1 Å². The molecule has 2 aliphatic rings. The van der Waals surface area contributed by atoms with Crippen molar-refractivity contribution < 1.29 is 36.2 Å². The molecular weight excluding hydrogens is 525 g/mol. The van der Waals surface area contributed by atoms with Crippen LogP contribution in [0, 0.1) is 11.3 Å². The zero-order valence-electron chi connectivity index (χ0n) is 19.9. The number of aliphatic carboxylic acids is 1. The fourth-order valence-electron chi connectivity index (χ4n) is 4.38. The van der Waals surface area contributed by atoms with E-state index in [4.69, 9.17) is 9.84 Å². The molecule has 9 nitrogen and oxygen atoms in total. The van der Waals surface area contributed by atoms with Crippen LogP contribution >= 0.6 is 0 Å². The first-order valence-corrected chi connectivity index (χ1v) is 13.0. The first-order valence-electron chi connectivity index (χ1n) is 11.5. The van der Waals surface area contributed by atoms with Crippen LogP contribution in [0.1, 0.15) is 24.8 Å². The van der Waals surface area contributed by atoms with Crippen LogP contribution < -0.4 is 9.75 Å². The average Bonchev–Trinajstić information content (AvgIpc) is 3.20. The number of nitriles is 1. The summed E-state index contributed by atoms with van der Waals surface area (Å²) in [5.41, 5.74) is -1.33. The van der Waals surface area contributed by atoms with Gasteiger partial charge in [0.05, 0.1) is 28.6 Å². The Bertz CT molecular complexity index is 1410. The molecule has 0 unspecified atom stereocenters. The zero-order valence-corrected chi connectivity index (χ0v) is 20.7. The fraction of sp³-hybridized carbons (Fsp3) is 0.320. The molecule has 2 aliphatic heterocycles. The second-order valence-electron chi connectivity index (χ2n) is 8.75. The van der Waals surface area contributed by atoms with Crippen LogP contribution in [-0.2, 0) is 14.8 Å². The van der Waals surface area contributed by atoms with Gasteiger partial charge in [-0.3, -0.25) is 9.80 Å². The van der Waals surface area contributed by atoms with E-state index in [9.17, 15) is 31.6 Å². The number of hydrogen-bond acceptors (Lipinski definition) is 7. The van der Waals surface area contributed by atoms with Crippen molar-refractivity contribution in [2.45, 2.75) is 42.5 Å². The monoisotopic (exact) mass is 548 g/mol. The minimum atomic E-state index is -4.77. The van der Waals surface area contributed by atoms with Crippen molar-refractivity contribution in [3.63, 3.8) is 0 Å². The maximum Gasteiger partial charge on any atom is 0.435 e. The first kappa shape index (κ1) is 27.2. The lowest BCUT2D eigenvalue weighted by atomic mass is 10.0. The Hall–Kier alpha value is -3.89. The third kappa shape index (κ3) is 5.51. The molecule has 2 aromatic rings. The van der Waals surface area contributed by atoms with Crippen molar-refractivity contribution in [2.24, 2.45) is 5.10 Å². The molecule has 1 N–H and O–H groups in total. The molecular formula is C25H23F3N4O5S. The molecule has 200 valence electrons. The van der Waals surface area contributed by atoms with Crippen molar-refractivity contribution in [1.82, 2.24) is 4.31 Å². The van der Waals surface area contributed by atoms with E-state index in [1.165, 1.54) is 40.7 Å². The third-order valence-electron chi connectivity index (χ3n) is 6.28. The predicted octanol–water partition coefficient (Wildman–Crippen LogP) is 3.93. The second-order valence-corrected chi connectivity index (χ2v) is 10.7. The average molecular weight is 549 g/mol. The van der Waals surface area contributed by atoms with E-state index in [0.29, 0.717) is 18.6 Å². The molecule has 0 saturated carbocycles. The number of piperidine rings is 1. The standard InChI is InChI=1S/C25H23F3N4O5S/c1-16-21(14-23(33)34)32(30-24(16)25(26,27)28)18-6-8-19(9-7-18)37-20-10-12-31(13-11-20)38(35,36)22-5-3-2-4-17(22)15-29/h2-9,20-21H,1,10-14H2,(H,33,34)/t21-/m0/s1. The highest BCUT2D eigenvalue weighted by molar-refractivity contribution is 7.89. The molecule has 0 spiro atoms. The quantitative estimate of drug-likeness (QED) is 0.556. The van der Waals surface area contributed by atoms with E-state index in [2.05, 4.69) is 11.7 Å². The Morgan fingerprint density at radius 1 is 1.16 bits per heavy atom. The molecule has 13 heteroatoms. The van der Waals surface area contributed by atoms with E-state index in [1.807, 2.05) is 6.07 Å². The van der Waals surface area contributed by atoms with E-state index in [-0.39, 0.29) is 35.3 Å². The maximum absolute atomic E-state index is 13.3. The molecule has 0 aliphatic carbocycles. The molecule has 1 atom stereocenters. The third-order valence-corrected chi connectivity index (χ3v) is 8.23. The SMILES string of the molecule is C=C1C(C(F)(F)F)=NN(c2ccc(OC3CCN(S(=O)(=O)c4ccccc4C#N)CC3)cc2)[C@H]1CC(=O)O. The lowest BCUT2D eigenvalue weighted by Crippen LogP contribution is -2.41. The number of carboxylic acids is 1. The van der Waals surface area contributed by atoms with E-state index in [1.54, 1.807) is 12.1 Å². The van der Waals surface area contributed by atoms with Crippen LogP contribution in [0.2, 0.25) is 0 Å². The van der Waals surface area contributed by atoms with Crippen LogP contribution in [0.15, 0.2) is 70.7 Å². The van der Waals surface area contributed by atoms with Crippen molar-refractivity contribution >= 4 is 27.4 Å². The van der Waals surface area contributed by atoms with E-state index in [0.717, 1.165) is 5.01 Å². The van der Waals surface area contributed by atoms with Crippen LogP contribution in [0.3, 0.4) is 0 Å². The molecule has 2 aromatic carbocycles. The summed E-state index contributed by atoms with van der Waals surface area (Å²) in [5, 5.41) is 23.0. The number of nitrogens with zero attached hydrogens (tertiary/aromatic N) is 4. The van der Waals surface area contributed by atoms with Crippen molar-refractivity contribution in [3.05, 3.63) is 66.2 Å². The highest BCUT2D eigenvalue weighted by Gasteiger charge is 2.46. The molecule has 0 bridgehead atoms. The topological polar surface area (TPSA) is 123 Å². The molecule has 1 fully saturated rings. The normalized spacial score (nSPS) is 19.2. The first-order chi connectivity index (χ1) is 17.9. The number of ether oxygens (including phenoxy) is 1. The number of alkyl halides is 3. The van der Waals surface area contributed by atoms with Crippen LogP contribution in [0.4, 0.5) is 18.9 Å². The lowest BCUT2D eigenvalue weighted by molar-refractivity contribution is -0.137. The zero-order chi connectivity index (χ0) is 27.7. The lowest BCUT2D eigenvalue weighted by Gasteiger charge is -2.31. The summed E-state index contributed by atoms with van der Waals surface area (Å²) in [7, 11) is -3.84. The van der Waals surface area contributed by atoms with Gasteiger partial charge in [0.1, 0.15) is 17.9 Å². The minimum Gasteiger partial charge on any atom is -0.490 e. The van der Waals surface area contributed by atoms with Gasteiger partial charge in [-0.1, -0.05) is 18.7 Å². The largest absolute Gasteiger partial charge is 0.490 e. The minimum absolute atomic E-state index is 0.0420. The molecule has 38 heavy (non-hydrogen) atoms. The van der Waals surface area contributed by atoms with Crippen molar-refractivity contribution in [2.75, 3.05) is 18.1 Å². The van der Waals surface area contributed by atoms with E-state index < -0.39 is 45.9 Å². The maximum atomic E-state index is 13.3. The Kier molecular flexibility index (Phi) is 7.48. The molecule has 0 aromatic heterocycles. The Balaban J connectivity index is 1.42. The Morgan fingerprint density at radius 2 is 1.79 bits per heavy atom. The van der Waals surface area contributed by atoms with Crippen molar-refractivity contribution in [3.8, 4) is 11.8 Å². The number of rotatable bonds is 7. The number of carbonyl (C=O) groups is 1. The highest BCUT2D eigenvalue weighted by atomic mass is 32.2. The molecule has 0 radical (unpaired) electrons. The number of sulfonamides is 1. The second kappa shape index (κ2) is 10.5. The van der Waals surface area contributed by atoms with Crippen molar-refractivity contribution in [1.29, 1.82) is 5.26 Å². The van der Waals surface area contributed by atoms with Gasteiger partial charge in [0, 0.05) is 18.7 Å². The van der Waals surface area contributed by atoms with Gasteiger partial charge in [0.2, 0.25) is 10.0 Å². The van der Waals surface area contributed by atoms with Gasteiger partial charge in [0.25, 0.3) is 0 Å². The Labute approximate surface area is 217 Å². The summed E-state index contributed by atoms with van der Waals surface area (Å²) < 4.78 is 73.3. The fourth-order valence-corrected chi connectivity index (χ4v) is 5.99. The van der Waals surface area contributed by atoms with E-state index >= 15 is 0 Å². The number of hydrazone groups is 1. The summed E-state index contributed by atoms with van der Waals surface area (Å²) in [4.78, 5) is 11.2. The number of hydrogen-bond donors (Lipinski definition) is 1. The summed E-state index contributed by atoms with van der Waals surface area (Å²) in [6, 6.07) is 12.7. The summed E-state index contributed by atoms with van der Waals surface area (Å²) in [6.07, 6.45) is -4.91. The van der Waals surface area contributed by atoms with Gasteiger partial charge in [0.15, 0.2) is 5.71 Å². The van der Waals surface area contributed by atoms with Crippen LogP contribution in [0.25, 0.3) is 0 Å². The van der Waals surface area contributed by atoms with Gasteiger partial charge in [-0.2, -0.15) is 27.8 Å².